The molecule has 0 saturated carbocycles. The number of halogens is 1. The molecule has 2 unspecified atom stereocenters. The molecule has 1 aromatic rings. The van der Waals surface area contributed by atoms with E-state index in [1.807, 2.05) is 24.1 Å². The van der Waals surface area contributed by atoms with Gasteiger partial charge in [-0.2, -0.15) is 11.8 Å². The van der Waals surface area contributed by atoms with Crippen molar-refractivity contribution >= 4 is 40.9 Å². The summed E-state index contributed by atoms with van der Waals surface area (Å²) in [5.41, 5.74) is 0. The molecular formula is C11H16ClN3S2. The molecule has 0 aromatic carbocycles. The highest BCUT2D eigenvalue weighted by Gasteiger charge is 2.26. The predicted molar refractivity (Wildman–Crippen MR) is 77.6 cm³/mol. The van der Waals surface area contributed by atoms with E-state index in [2.05, 4.69) is 28.7 Å². The molecule has 0 bridgehead atoms. The van der Waals surface area contributed by atoms with Crippen LogP contribution in [-0.2, 0) is 0 Å². The van der Waals surface area contributed by atoms with Crippen LogP contribution in [0.3, 0.4) is 0 Å². The van der Waals surface area contributed by atoms with E-state index in [1.165, 1.54) is 11.8 Å². The van der Waals surface area contributed by atoms with E-state index in [0.29, 0.717) is 16.4 Å². The van der Waals surface area contributed by atoms with Gasteiger partial charge in [0, 0.05) is 29.7 Å². The van der Waals surface area contributed by atoms with Crippen LogP contribution in [0, 0.1) is 0 Å². The van der Waals surface area contributed by atoms with Crippen LogP contribution in [0.15, 0.2) is 11.2 Å². The summed E-state index contributed by atoms with van der Waals surface area (Å²) >= 11 is 9.58. The van der Waals surface area contributed by atoms with Crippen molar-refractivity contribution in [1.29, 1.82) is 0 Å². The summed E-state index contributed by atoms with van der Waals surface area (Å²) in [5.74, 6) is 2.09. The molecule has 0 N–H and O–H groups in total. The van der Waals surface area contributed by atoms with Crippen molar-refractivity contribution in [3.8, 4) is 0 Å². The first kappa shape index (κ1) is 13.3. The minimum Gasteiger partial charge on any atom is -0.352 e. The topological polar surface area (TPSA) is 29.0 Å². The number of rotatable bonds is 2. The molecule has 1 saturated heterocycles. The molecule has 1 aromatic heterocycles. The van der Waals surface area contributed by atoms with E-state index in [1.54, 1.807) is 0 Å². The molecular weight excluding hydrogens is 274 g/mol. The second-order valence-electron chi connectivity index (χ2n) is 4.05. The van der Waals surface area contributed by atoms with Crippen molar-refractivity contribution < 1.29 is 0 Å². The summed E-state index contributed by atoms with van der Waals surface area (Å²) in [4.78, 5) is 11.0. The lowest BCUT2D eigenvalue weighted by atomic mass is 10.2. The summed E-state index contributed by atoms with van der Waals surface area (Å²) in [5, 5.41) is 1.89. The predicted octanol–water partition coefficient (Wildman–Crippen LogP) is 3.18. The minimum absolute atomic E-state index is 0.481. The van der Waals surface area contributed by atoms with E-state index in [0.717, 1.165) is 23.3 Å². The van der Waals surface area contributed by atoms with Crippen molar-refractivity contribution in [3.05, 3.63) is 11.2 Å². The highest BCUT2D eigenvalue weighted by Crippen LogP contribution is 2.29. The standard InChI is InChI=1S/C11H16ClN3S2/c1-7-8(2)17-5-4-15(7)10-6-9(12)13-11(14-10)16-3/h6-8H,4-5H2,1-3H3. The van der Waals surface area contributed by atoms with Crippen molar-refractivity contribution in [2.75, 3.05) is 23.5 Å². The zero-order valence-electron chi connectivity index (χ0n) is 10.2. The summed E-state index contributed by atoms with van der Waals surface area (Å²) in [7, 11) is 0. The summed E-state index contributed by atoms with van der Waals surface area (Å²) in [6, 6.07) is 2.34. The van der Waals surface area contributed by atoms with Gasteiger partial charge in [-0.25, -0.2) is 9.97 Å². The zero-order valence-corrected chi connectivity index (χ0v) is 12.6. The third-order valence-corrected chi connectivity index (χ3v) is 5.10. The smallest absolute Gasteiger partial charge is 0.190 e. The summed E-state index contributed by atoms with van der Waals surface area (Å²) < 4.78 is 0. The lowest BCUT2D eigenvalue weighted by Crippen LogP contribution is -2.45. The molecule has 3 nitrogen and oxygen atoms in total. The van der Waals surface area contributed by atoms with E-state index in [9.17, 15) is 0 Å². The van der Waals surface area contributed by atoms with Crippen molar-refractivity contribution in [1.82, 2.24) is 9.97 Å². The van der Waals surface area contributed by atoms with Crippen LogP contribution in [-0.4, -0.2) is 39.8 Å². The van der Waals surface area contributed by atoms with Gasteiger partial charge in [0.15, 0.2) is 5.16 Å². The SMILES string of the molecule is CSc1nc(Cl)cc(N2CCSC(C)C2C)n1. The van der Waals surface area contributed by atoms with Gasteiger partial charge in [0.25, 0.3) is 0 Å². The number of thioether (sulfide) groups is 2. The van der Waals surface area contributed by atoms with Gasteiger partial charge in [-0.1, -0.05) is 30.3 Å². The normalized spacial score (nSPS) is 25.1. The van der Waals surface area contributed by atoms with Gasteiger partial charge in [-0.05, 0) is 13.2 Å². The zero-order chi connectivity index (χ0) is 12.4. The molecule has 0 amide bonds. The second kappa shape index (κ2) is 5.67. The Morgan fingerprint density at radius 2 is 2.24 bits per heavy atom. The Labute approximate surface area is 116 Å². The summed E-state index contributed by atoms with van der Waals surface area (Å²) in [6.45, 7) is 5.53. The molecule has 1 fully saturated rings. The third kappa shape index (κ3) is 3.01. The largest absolute Gasteiger partial charge is 0.352 e. The molecule has 2 atom stereocenters. The number of hydrogen-bond donors (Lipinski definition) is 0. The second-order valence-corrected chi connectivity index (χ2v) is 6.69. The molecule has 0 radical (unpaired) electrons. The van der Waals surface area contributed by atoms with Crippen LogP contribution in [0.1, 0.15) is 13.8 Å². The number of aromatic nitrogens is 2. The molecule has 1 aliphatic heterocycles. The van der Waals surface area contributed by atoms with Crippen LogP contribution >= 0.6 is 35.1 Å². The van der Waals surface area contributed by atoms with Crippen LogP contribution in [0.5, 0.6) is 0 Å². The first-order valence-electron chi connectivity index (χ1n) is 5.58. The highest BCUT2D eigenvalue weighted by molar-refractivity contribution is 8.00. The average Bonchev–Trinajstić information content (AvgIpc) is 2.31. The van der Waals surface area contributed by atoms with Gasteiger partial charge in [0.1, 0.15) is 11.0 Å². The van der Waals surface area contributed by atoms with E-state index < -0.39 is 0 Å². The molecule has 2 rings (SSSR count). The van der Waals surface area contributed by atoms with Crippen LogP contribution < -0.4 is 4.90 Å². The Morgan fingerprint density at radius 3 is 2.94 bits per heavy atom. The Bertz CT molecular complexity index is 402. The molecule has 6 heteroatoms. The average molecular weight is 290 g/mol. The molecule has 0 spiro atoms. The Balaban J connectivity index is 2.29. The monoisotopic (exact) mass is 289 g/mol. The minimum atomic E-state index is 0.481. The van der Waals surface area contributed by atoms with Gasteiger partial charge in [0.2, 0.25) is 0 Å². The Morgan fingerprint density at radius 1 is 1.47 bits per heavy atom. The van der Waals surface area contributed by atoms with Crippen LogP contribution in [0.2, 0.25) is 5.15 Å². The maximum atomic E-state index is 6.04. The number of anilines is 1. The van der Waals surface area contributed by atoms with E-state index >= 15 is 0 Å². The number of hydrogen-bond acceptors (Lipinski definition) is 5. The lowest BCUT2D eigenvalue weighted by Gasteiger charge is -2.38. The Kier molecular flexibility index (Phi) is 4.44. The maximum Gasteiger partial charge on any atom is 0.190 e. The molecule has 1 aliphatic rings. The van der Waals surface area contributed by atoms with Crippen molar-refractivity contribution in [3.63, 3.8) is 0 Å². The Hall–Kier alpha value is -0.130. The first-order chi connectivity index (χ1) is 8.11. The fourth-order valence-corrected chi connectivity index (χ4v) is 3.58. The van der Waals surface area contributed by atoms with Gasteiger partial charge in [0.05, 0.1) is 0 Å². The molecule has 0 aliphatic carbocycles. The maximum absolute atomic E-state index is 6.04. The summed E-state index contributed by atoms with van der Waals surface area (Å²) in [6.07, 6.45) is 1.97. The van der Waals surface area contributed by atoms with E-state index in [4.69, 9.17) is 11.6 Å². The lowest BCUT2D eigenvalue weighted by molar-refractivity contribution is 0.616. The van der Waals surface area contributed by atoms with Crippen LogP contribution in [0.25, 0.3) is 0 Å². The van der Waals surface area contributed by atoms with Gasteiger partial charge >= 0.3 is 0 Å². The quantitative estimate of drug-likeness (QED) is 0.474. The first-order valence-corrected chi connectivity index (χ1v) is 8.24. The fourth-order valence-electron chi connectivity index (χ4n) is 1.88. The van der Waals surface area contributed by atoms with Crippen molar-refractivity contribution in [2.24, 2.45) is 0 Å². The van der Waals surface area contributed by atoms with Gasteiger partial charge in [-0.3, -0.25) is 0 Å². The molecule has 17 heavy (non-hydrogen) atoms. The highest BCUT2D eigenvalue weighted by atomic mass is 35.5. The van der Waals surface area contributed by atoms with Crippen molar-refractivity contribution in [2.45, 2.75) is 30.3 Å². The third-order valence-electron chi connectivity index (χ3n) is 3.02. The van der Waals surface area contributed by atoms with Gasteiger partial charge in [-0.15, -0.1) is 0 Å². The molecule has 2 heterocycles. The van der Waals surface area contributed by atoms with Gasteiger partial charge < -0.3 is 4.90 Å². The molecule has 94 valence electrons. The number of nitrogens with zero attached hydrogens (tertiary/aromatic N) is 3. The van der Waals surface area contributed by atoms with E-state index in [-0.39, 0.29) is 0 Å². The van der Waals surface area contributed by atoms with Crippen LogP contribution in [0.4, 0.5) is 5.82 Å². The fraction of sp³-hybridized carbons (Fsp3) is 0.636.